The first-order valence-corrected chi connectivity index (χ1v) is 9.61. The number of nitrogens with one attached hydrogen (secondary N) is 1. The van der Waals surface area contributed by atoms with Crippen LogP contribution in [0.5, 0.6) is 0 Å². The Kier molecular flexibility index (Phi) is 5.27. The van der Waals surface area contributed by atoms with Crippen LogP contribution >= 0.6 is 0 Å². The molecule has 1 N–H and O–H groups in total. The van der Waals surface area contributed by atoms with Crippen molar-refractivity contribution in [3.05, 3.63) is 0 Å². The second-order valence-electron chi connectivity index (χ2n) is 7.96. The summed E-state index contributed by atoms with van der Waals surface area (Å²) in [5.74, 6) is 3.82. The third-order valence-corrected chi connectivity index (χ3v) is 6.79. The molecule has 2 aliphatic carbocycles. The Morgan fingerprint density at radius 1 is 1.14 bits per heavy atom. The molecule has 4 atom stereocenters. The predicted molar refractivity (Wildman–Crippen MR) is 88.4 cm³/mol. The molecule has 3 fully saturated rings. The van der Waals surface area contributed by atoms with Gasteiger partial charge < -0.3 is 10.1 Å². The minimum Gasteiger partial charge on any atom is -0.375 e. The Morgan fingerprint density at radius 3 is 2.67 bits per heavy atom. The predicted octanol–water partition coefficient (Wildman–Crippen LogP) is 4.39. The molecule has 0 aromatic heterocycles. The van der Waals surface area contributed by atoms with E-state index in [4.69, 9.17) is 4.74 Å². The topological polar surface area (TPSA) is 21.3 Å². The zero-order valence-corrected chi connectivity index (χ0v) is 14.2. The fourth-order valence-corrected chi connectivity index (χ4v) is 5.24. The highest BCUT2D eigenvalue weighted by molar-refractivity contribution is 4.97. The fraction of sp³-hybridized carbons (Fsp3) is 1.00. The summed E-state index contributed by atoms with van der Waals surface area (Å²) < 4.78 is 6.18. The highest BCUT2D eigenvalue weighted by Crippen LogP contribution is 2.50. The van der Waals surface area contributed by atoms with Gasteiger partial charge in [0.1, 0.15) is 0 Å². The molecule has 3 aliphatic rings. The molecule has 4 unspecified atom stereocenters. The van der Waals surface area contributed by atoms with Crippen molar-refractivity contribution in [1.29, 1.82) is 0 Å². The Labute approximate surface area is 131 Å². The number of rotatable bonds is 5. The molecule has 1 saturated heterocycles. The Morgan fingerprint density at radius 2 is 2.00 bits per heavy atom. The summed E-state index contributed by atoms with van der Waals surface area (Å²) in [7, 11) is 0. The van der Waals surface area contributed by atoms with Crippen LogP contribution in [-0.4, -0.2) is 25.3 Å². The fourth-order valence-electron chi connectivity index (χ4n) is 5.24. The lowest BCUT2D eigenvalue weighted by Crippen LogP contribution is -2.49. The summed E-state index contributed by atoms with van der Waals surface area (Å²) in [6.07, 6.45) is 12.6. The van der Waals surface area contributed by atoms with E-state index in [-0.39, 0.29) is 0 Å². The second kappa shape index (κ2) is 7.00. The van der Waals surface area contributed by atoms with E-state index in [0.29, 0.717) is 5.60 Å². The molecule has 1 heterocycles. The monoisotopic (exact) mass is 293 g/mol. The Bertz CT molecular complexity index is 326. The lowest BCUT2D eigenvalue weighted by atomic mass is 9.62. The highest BCUT2D eigenvalue weighted by atomic mass is 16.5. The van der Waals surface area contributed by atoms with Crippen LogP contribution in [0.2, 0.25) is 0 Å². The lowest BCUT2D eigenvalue weighted by molar-refractivity contribution is -0.155. The van der Waals surface area contributed by atoms with Crippen LogP contribution in [0.3, 0.4) is 0 Å². The summed E-state index contributed by atoms with van der Waals surface area (Å²) in [5.41, 5.74) is 0.324. The van der Waals surface area contributed by atoms with Crippen LogP contribution < -0.4 is 5.32 Å². The minimum atomic E-state index is 0.324. The van der Waals surface area contributed by atoms with Crippen LogP contribution in [0.25, 0.3) is 0 Å². The molecular formula is C19H35NO. The standard InChI is InChI=1S/C19H35NO/c1-3-15-6-7-17(14-20-4-2)18(12-15)16-8-11-21-19(13-16)9-5-10-19/h15-18,20H,3-14H2,1-2H3. The van der Waals surface area contributed by atoms with Gasteiger partial charge >= 0.3 is 0 Å². The lowest BCUT2D eigenvalue weighted by Gasteiger charge is -2.51. The van der Waals surface area contributed by atoms with Crippen molar-refractivity contribution in [3.63, 3.8) is 0 Å². The van der Waals surface area contributed by atoms with E-state index in [0.717, 1.165) is 36.8 Å². The van der Waals surface area contributed by atoms with Gasteiger partial charge in [-0.3, -0.25) is 0 Å². The molecule has 0 amide bonds. The van der Waals surface area contributed by atoms with Gasteiger partial charge in [-0.1, -0.05) is 26.7 Å². The van der Waals surface area contributed by atoms with Gasteiger partial charge in [-0.05, 0) is 81.7 Å². The maximum atomic E-state index is 6.18. The molecule has 2 nitrogen and oxygen atoms in total. The third-order valence-electron chi connectivity index (χ3n) is 6.79. The number of ether oxygens (including phenoxy) is 1. The molecule has 2 saturated carbocycles. The van der Waals surface area contributed by atoms with Crippen molar-refractivity contribution in [2.45, 2.75) is 77.2 Å². The number of hydrogen-bond acceptors (Lipinski definition) is 2. The van der Waals surface area contributed by atoms with E-state index < -0.39 is 0 Å². The van der Waals surface area contributed by atoms with Gasteiger partial charge in [-0.2, -0.15) is 0 Å². The van der Waals surface area contributed by atoms with Gasteiger partial charge in [0.05, 0.1) is 5.60 Å². The van der Waals surface area contributed by atoms with Gasteiger partial charge in [0.15, 0.2) is 0 Å². The Hall–Kier alpha value is -0.0800. The van der Waals surface area contributed by atoms with Gasteiger partial charge in [-0.15, -0.1) is 0 Å². The van der Waals surface area contributed by atoms with Crippen molar-refractivity contribution in [2.75, 3.05) is 19.7 Å². The molecule has 0 aromatic rings. The van der Waals surface area contributed by atoms with Crippen molar-refractivity contribution >= 4 is 0 Å². The molecule has 0 bridgehead atoms. The first-order valence-electron chi connectivity index (χ1n) is 9.61. The molecule has 21 heavy (non-hydrogen) atoms. The van der Waals surface area contributed by atoms with Gasteiger partial charge in [0.2, 0.25) is 0 Å². The van der Waals surface area contributed by atoms with Crippen LogP contribution in [0.4, 0.5) is 0 Å². The van der Waals surface area contributed by atoms with E-state index in [9.17, 15) is 0 Å². The van der Waals surface area contributed by atoms with Gasteiger partial charge in [0.25, 0.3) is 0 Å². The van der Waals surface area contributed by atoms with E-state index >= 15 is 0 Å². The molecule has 3 rings (SSSR count). The maximum absolute atomic E-state index is 6.18. The molecule has 122 valence electrons. The smallest absolute Gasteiger partial charge is 0.0685 e. The average molecular weight is 293 g/mol. The zero-order chi connectivity index (χ0) is 14.7. The molecule has 1 spiro atoms. The van der Waals surface area contributed by atoms with Gasteiger partial charge in [-0.25, -0.2) is 0 Å². The van der Waals surface area contributed by atoms with Crippen molar-refractivity contribution in [1.82, 2.24) is 5.32 Å². The summed E-state index contributed by atoms with van der Waals surface area (Å²) in [5, 5.41) is 3.64. The SMILES string of the molecule is CCNCC1CCC(CC)CC1C1CCOC2(CCC2)C1. The van der Waals surface area contributed by atoms with E-state index in [2.05, 4.69) is 19.2 Å². The van der Waals surface area contributed by atoms with E-state index in [1.807, 2.05) is 0 Å². The summed E-state index contributed by atoms with van der Waals surface area (Å²) in [6.45, 7) is 8.04. The molecule has 0 aromatic carbocycles. The van der Waals surface area contributed by atoms with Crippen LogP contribution in [-0.2, 0) is 4.74 Å². The molecule has 2 heteroatoms. The first kappa shape index (κ1) is 15.8. The Balaban J connectivity index is 1.65. The van der Waals surface area contributed by atoms with E-state index in [1.165, 1.54) is 64.3 Å². The van der Waals surface area contributed by atoms with Crippen LogP contribution in [0, 0.1) is 23.7 Å². The van der Waals surface area contributed by atoms with E-state index in [1.54, 1.807) is 0 Å². The normalized spacial score (nSPS) is 39.1. The summed E-state index contributed by atoms with van der Waals surface area (Å²) >= 11 is 0. The first-order chi connectivity index (χ1) is 10.3. The summed E-state index contributed by atoms with van der Waals surface area (Å²) in [6, 6.07) is 0. The van der Waals surface area contributed by atoms with Crippen LogP contribution in [0.1, 0.15) is 71.6 Å². The largest absolute Gasteiger partial charge is 0.375 e. The van der Waals surface area contributed by atoms with Crippen molar-refractivity contribution < 1.29 is 4.74 Å². The highest BCUT2D eigenvalue weighted by Gasteiger charge is 2.46. The summed E-state index contributed by atoms with van der Waals surface area (Å²) in [4.78, 5) is 0. The third kappa shape index (κ3) is 3.47. The maximum Gasteiger partial charge on any atom is 0.0685 e. The van der Waals surface area contributed by atoms with Gasteiger partial charge in [0, 0.05) is 6.61 Å². The molecule has 0 radical (unpaired) electrons. The molecule has 1 aliphatic heterocycles. The second-order valence-corrected chi connectivity index (χ2v) is 7.96. The van der Waals surface area contributed by atoms with Crippen molar-refractivity contribution in [3.8, 4) is 0 Å². The van der Waals surface area contributed by atoms with Crippen LogP contribution in [0.15, 0.2) is 0 Å². The molecular weight excluding hydrogens is 258 g/mol. The minimum absolute atomic E-state index is 0.324. The number of hydrogen-bond donors (Lipinski definition) is 1. The zero-order valence-electron chi connectivity index (χ0n) is 14.2. The quantitative estimate of drug-likeness (QED) is 0.812. The van der Waals surface area contributed by atoms with Crippen molar-refractivity contribution in [2.24, 2.45) is 23.7 Å². The average Bonchev–Trinajstić information content (AvgIpc) is 2.51.